The minimum atomic E-state index is 0.576. The monoisotopic (exact) mass is 552 g/mol. The summed E-state index contributed by atoms with van der Waals surface area (Å²) in [6, 6.07) is 50.2. The Morgan fingerprint density at radius 1 is 0.465 bits per heavy atom. The van der Waals surface area contributed by atoms with Crippen molar-refractivity contribution in [2.75, 3.05) is 4.90 Å². The highest BCUT2D eigenvalue weighted by Crippen LogP contribution is 2.41. The Morgan fingerprint density at radius 2 is 1.16 bits per heavy atom. The molecule has 0 spiro atoms. The highest BCUT2D eigenvalue weighted by atomic mass is 16.4. The van der Waals surface area contributed by atoms with Crippen molar-refractivity contribution in [3.8, 4) is 11.5 Å². The van der Waals surface area contributed by atoms with Gasteiger partial charge in [0.1, 0.15) is 16.7 Å². The topological polar surface area (TPSA) is 42.4 Å². The van der Waals surface area contributed by atoms with Gasteiger partial charge in [-0.3, -0.25) is 0 Å². The third-order valence-corrected chi connectivity index (χ3v) is 8.26. The Bertz CT molecular complexity index is 2420. The van der Waals surface area contributed by atoms with Gasteiger partial charge in [0.2, 0.25) is 5.89 Å². The summed E-state index contributed by atoms with van der Waals surface area (Å²) in [5, 5.41) is 6.68. The molecule has 0 fully saturated rings. The molecule has 4 nitrogen and oxygen atoms in total. The minimum Gasteiger partial charge on any atom is -0.455 e. The second kappa shape index (κ2) is 9.33. The molecule has 0 radical (unpaired) electrons. The first-order valence-corrected chi connectivity index (χ1v) is 14.4. The van der Waals surface area contributed by atoms with E-state index in [-0.39, 0.29) is 0 Å². The largest absolute Gasteiger partial charge is 0.455 e. The molecule has 4 heteroatoms. The number of rotatable bonds is 4. The van der Waals surface area contributed by atoms with Gasteiger partial charge in [0.15, 0.2) is 5.58 Å². The summed E-state index contributed by atoms with van der Waals surface area (Å²) >= 11 is 0. The van der Waals surface area contributed by atoms with Crippen LogP contribution in [0.5, 0.6) is 0 Å². The van der Waals surface area contributed by atoms with Gasteiger partial charge in [-0.15, -0.1) is 0 Å². The Kier molecular flexibility index (Phi) is 5.16. The van der Waals surface area contributed by atoms with Gasteiger partial charge in [-0.05, 0) is 82.9 Å². The average molecular weight is 553 g/mol. The van der Waals surface area contributed by atoms with Crippen molar-refractivity contribution in [3.63, 3.8) is 0 Å². The molecule has 0 unspecified atom stereocenters. The van der Waals surface area contributed by atoms with Crippen LogP contribution in [-0.2, 0) is 0 Å². The lowest BCUT2D eigenvalue weighted by atomic mass is 10.00. The third-order valence-electron chi connectivity index (χ3n) is 8.26. The molecular formula is C39H24N2O2. The van der Waals surface area contributed by atoms with Gasteiger partial charge >= 0.3 is 0 Å². The van der Waals surface area contributed by atoms with Gasteiger partial charge in [-0.2, -0.15) is 0 Å². The summed E-state index contributed by atoms with van der Waals surface area (Å²) in [5.41, 5.74) is 7.28. The van der Waals surface area contributed by atoms with E-state index in [0.29, 0.717) is 5.89 Å². The van der Waals surface area contributed by atoms with Crippen LogP contribution in [0.25, 0.3) is 66.0 Å². The van der Waals surface area contributed by atoms with Gasteiger partial charge in [0, 0.05) is 33.4 Å². The van der Waals surface area contributed by atoms with Gasteiger partial charge in [0.05, 0.1) is 5.39 Å². The molecule has 43 heavy (non-hydrogen) atoms. The van der Waals surface area contributed by atoms with Gasteiger partial charge < -0.3 is 13.7 Å². The van der Waals surface area contributed by atoms with Crippen LogP contribution in [0, 0.1) is 0 Å². The molecule has 0 N–H and O–H groups in total. The summed E-state index contributed by atoms with van der Waals surface area (Å²) in [6.07, 6.45) is 0. The van der Waals surface area contributed by atoms with Crippen molar-refractivity contribution in [2.45, 2.75) is 0 Å². The molecule has 0 saturated carbocycles. The lowest BCUT2D eigenvalue weighted by Gasteiger charge is -2.25. The van der Waals surface area contributed by atoms with E-state index >= 15 is 0 Å². The maximum Gasteiger partial charge on any atom is 0.227 e. The molecule has 202 valence electrons. The number of furan rings is 1. The second-order valence-corrected chi connectivity index (χ2v) is 10.8. The van der Waals surface area contributed by atoms with Gasteiger partial charge in [-0.1, -0.05) is 78.9 Å². The SMILES string of the molecule is c1ccc(N(c2ccccc2)c2cccc(-c3nc4ccc5oc6c7ccc8ccccc8c7ccc6c5c4o3)c2)cc1. The van der Waals surface area contributed by atoms with Crippen LogP contribution in [0.1, 0.15) is 0 Å². The molecule has 0 bridgehead atoms. The lowest BCUT2D eigenvalue weighted by Crippen LogP contribution is -2.09. The van der Waals surface area contributed by atoms with Gasteiger partial charge in [-0.25, -0.2) is 4.98 Å². The lowest BCUT2D eigenvalue weighted by molar-refractivity contribution is 0.622. The van der Waals surface area contributed by atoms with E-state index in [9.17, 15) is 0 Å². The fraction of sp³-hybridized carbons (Fsp3) is 0. The van der Waals surface area contributed by atoms with E-state index in [4.69, 9.17) is 13.8 Å². The van der Waals surface area contributed by atoms with Gasteiger partial charge in [0.25, 0.3) is 0 Å². The van der Waals surface area contributed by atoms with Crippen LogP contribution in [-0.4, -0.2) is 4.98 Å². The number of benzene rings is 7. The molecule has 9 aromatic rings. The Labute approximate surface area is 247 Å². The molecule has 7 aromatic carbocycles. The Balaban J connectivity index is 1.21. The van der Waals surface area contributed by atoms with Crippen LogP contribution >= 0.6 is 0 Å². The molecule has 0 aliphatic heterocycles. The quantitative estimate of drug-likeness (QED) is 0.204. The number of hydrogen-bond acceptors (Lipinski definition) is 4. The third kappa shape index (κ3) is 3.74. The predicted octanol–water partition coefficient (Wildman–Crippen LogP) is 11.2. The zero-order valence-electron chi connectivity index (χ0n) is 23.1. The zero-order valence-corrected chi connectivity index (χ0v) is 23.1. The maximum absolute atomic E-state index is 6.57. The first-order valence-electron chi connectivity index (χ1n) is 14.4. The van der Waals surface area contributed by atoms with Crippen LogP contribution in [0.2, 0.25) is 0 Å². The number of fused-ring (bicyclic) bond motifs is 9. The number of aromatic nitrogens is 1. The molecule has 0 atom stereocenters. The number of para-hydroxylation sites is 2. The Hall–Kier alpha value is -5.87. The van der Waals surface area contributed by atoms with Crippen LogP contribution < -0.4 is 4.90 Å². The van der Waals surface area contributed by atoms with E-state index in [0.717, 1.165) is 61.1 Å². The van der Waals surface area contributed by atoms with E-state index in [1.807, 2.05) is 30.3 Å². The molecule has 0 aliphatic carbocycles. The molecule has 9 rings (SSSR count). The first-order chi connectivity index (χ1) is 21.3. The van der Waals surface area contributed by atoms with E-state index in [2.05, 4.69) is 120 Å². The summed E-state index contributed by atoms with van der Waals surface area (Å²) in [6.45, 7) is 0. The summed E-state index contributed by atoms with van der Waals surface area (Å²) in [7, 11) is 0. The Morgan fingerprint density at radius 3 is 1.98 bits per heavy atom. The molecule has 0 aliphatic rings. The van der Waals surface area contributed by atoms with Crippen molar-refractivity contribution in [2.24, 2.45) is 0 Å². The van der Waals surface area contributed by atoms with Crippen molar-refractivity contribution in [3.05, 3.63) is 146 Å². The average Bonchev–Trinajstić information content (AvgIpc) is 3.68. The molecular weight excluding hydrogens is 528 g/mol. The molecule has 2 heterocycles. The predicted molar refractivity (Wildman–Crippen MR) is 176 cm³/mol. The van der Waals surface area contributed by atoms with Crippen molar-refractivity contribution in [1.82, 2.24) is 4.98 Å². The summed E-state index contributed by atoms with van der Waals surface area (Å²) in [5.74, 6) is 0.576. The van der Waals surface area contributed by atoms with Crippen molar-refractivity contribution < 1.29 is 8.83 Å². The summed E-state index contributed by atoms with van der Waals surface area (Å²) in [4.78, 5) is 7.18. The van der Waals surface area contributed by atoms with Crippen molar-refractivity contribution >= 4 is 71.6 Å². The van der Waals surface area contributed by atoms with Crippen molar-refractivity contribution in [1.29, 1.82) is 0 Å². The second-order valence-electron chi connectivity index (χ2n) is 10.8. The van der Waals surface area contributed by atoms with Crippen LogP contribution in [0.15, 0.2) is 154 Å². The zero-order chi connectivity index (χ0) is 28.3. The van der Waals surface area contributed by atoms with E-state index in [1.54, 1.807) is 0 Å². The molecule has 0 amide bonds. The van der Waals surface area contributed by atoms with E-state index < -0.39 is 0 Å². The fourth-order valence-corrected chi connectivity index (χ4v) is 6.29. The minimum absolute atomic E-state index is 0.576. The number of oxazole rings is 1. The highest BCUT2D eigenvalue weighted by Gasteiger charge is 2.19. The number of hydrogen-bond donors (Lipinski definition) is 0. The number of anilines is 3. The van der Waals surface area contributed by atoms with E-state index in [1.165, 1.54) is 16.2 Å². The smallest absolute Gasteiger partial charge is 0.227 e. The standard InChI is InChI=1S/C39H24N2O2/c1-3-12-27(13-4-1)41(28-14-5-2-6-15-28)29-16-9-11-26(24-29)39-40-34-22-23-35-36(38(34)43-39)33-21-20-31-30-17-8-7-10-25(30)18-19-32(31)37(33)42-35/h1-24H. The summed E-state index contributed by atoms with van der Waals surface area (Å²) < 4.78 is 13.1. The number of nitrogens with zero attached hydrogens (tertiary/aromatic N) is 2. The molecule has 0 saturated heterocycles. The fourth-order valence-electron chi connectivity index (χ4n) is 6.29. The highest BCUT2D eigenvalue weighted by molar-refractivity contribution is 6.24. The van der Waals surface area contributed by atoms with Crippen LogP contribution in [0.3, 0.4) is 0 Å². The van der Waals surface area contributed by atoms with Crippen LogP contribution in [0.4, 0.5) is 17.1 Å². The maximum atomic E-state index is 6.57. The molecule has 2 aromatic heterocycles. The first kappa shape index (κ1) is 23.8. The normalized spacial score (nSPS) is 11.7.